The number of amides is 2. The van der Waals surface area contributed by atoms with Gasteiger partial charge in [-0.05, 0) is 31.4 Å². The SMILES string of the molecule is COC(=O)N(C)c1ccccc1C(=O)OCC(=O)N(C1CCCCC1)C1CCS(=O)(=O)C1. The molecule has 10 heteroatoms. The summed E-state index contributed by atoms with van der Waals surface area (Å²) in [4.78, 5) is 40.6. The van der Waals surface area contributed by atoms with Crippen LogP contribution in [0.1, 0.15) is 48.9 Å². The van der Waals surface area contributed by atoms with Crippen LogP contribution in [0.4, 0.5) is 10.5 Å². The minimum Gasteiger partial charge on any atom is -0.452 e. The molecule has 3 rings (SSSR count). The van der Waals surface area contributed by atoms with E-state index >= 15 is 0 Å². The van der Waals surface area contributed by atoms with Crippen LogP contribution in [-0.2, 0) is 24.1 Å². The first-order valence-corrected chi connectivity index (χ1v) is 12.6. The number of esters is 1. The van der Waals surface area contributed by atoms with Crippen LogP contribution in [0.15, 0.2) is 24.3 Å². The number of para-hydroxylation sites is 1. The van der Waals surface area contributed by atoms with E-state index in [9.17, 15) is 22.8 Å². The van der Waals surface area contributed by atoms with Gasteiger partial charge in [-0.15, -0.1) is 0 Å². The molecular weight excluding hydrogens is 436 g/mol. The molecule has 2 aliphatic rings. The number of hydrogen-bond acceptors (Lipinski definition) is 7. The van der Waals surface area contributed by atoms with E-state index in [1.807, 2.05) is 0 Å². The number of sulfone groups is 1. The van der Waals surface area contributed by atoms with Gasteiger partial charge in [0.15, 0.2) is 16.4 Å². The van der Waals surface area contributed by atoms with Gasteiger partial charge in [-0.2, -0.15) is 0 Å². The summed E-state index contributed by atoms with van der Waals surface area (Å²) in [6, 6.07) is 5.96. The number of benzene rings is 1. The fraction of sp³-hybridized carbons (Fsp3) is 0.591. The number of carbonyl (C=O) groups is 3. The standard InChI is InChI=1S/C22H30N2O7S/c1-23(22(27)30-2)19-11-7-6-10-18(19)21(26)31-14-20(25)24(16-8-4-3-5-9-16)17-12-13-32(28,29)15-17/h6-7,10-11,16-17H,3-5,8-9,12-15H2,1-2H3. The summed E-state index contributed by atoms with van der Waals surface area (Å²) in [7, 11) is -0.459. The average Bonchev–Trinajstić information content (AvgIpc) is 3.16. The van der Waals surface area contributed by atoms with Crippen molar-refractivity contribution < 1.29 is 32.3 Å². The Labute approximate surface area is 188 Å². The number of nitrogens with zero attached hydrogens (tertiary/aromatic N) is 2. The Kier molecular flexibility index (Phi) is 7.76. The number of hydrogen-bond donors (Lipinski definition) is 0. The maximum atomic E-state index is 13.1. The van der Waals surface area contributed by atoms with Gasteiger partial charge < -0.3 is 14.4 Å². The van der Waals surface area contributed by atoms with Crippen LogP contribution in [0.2, 0.25) is 0 Å². The van der Waals surface area contributed by atoms with Crippen molar-refractivity contribution in [3.63, 3.8) is 0 Å². The zero-order valence-electron chi connectivity index (χ0n) is 18.5. The van der Waals surface area contributed by atoms with Crippen LogP contribution in [0, 0.1) is 0 Å². The van der Waals surface area contributed by atoms with Gasteiger partial charge in [0, 0.05) is 19.1 Å². The van der Waals surface area contributed by atoms with Crippen molar-refractivity contribution in [1.29, 1.82) is 0 Å². The Morgan fingerprint density at radius 3 is 2.34 bits per heavy atom. The highest BCUT2D eigenvalue weighted by atomic mass is 32.2. The van der Waals surface area contributed by atoms with E-state index in [0.29, 0.717) is 12.1 Å². The molecule has 0 spiro atoms. The lowest BCUT2D eigenvalue weighted by atomic mass is 9.93. The molecule has 0 aromatic heterocycles. The Morgan fingerprint density at radius 2 is 1.72 bits per heavy atom. The van der Waals surface area contributed by atoms with Crippen LogP contribution in [0.3, 0.4) is 0 Å². The molecular formula is C22H30N2O7S. The first-order chi connectivity index (χ1) is 15.2. The molecule has 1 aromatic carbocycles. The third-order valence-corrected chi connectivity index (χ3v) is 7.87. The summed E-state index contributed by atoms with van der Waals surface area (Å²) in [5.74, 6) is -1.10. The third kappa shape index (κ3) is 5.59. The smallest absolute Gasteiger partial charge is 0.413 e. The fourth-order valence-electron chi connectivity index (χ4n) is 4.51. The van der Waals surface area contributed by atoms with Gasteiger partial charge in [-0.1, -0.05) is 31.4 Å². The first kappa shape index (κ1) is 24.0. The molecule has 2 amide bonds. The van der Waals surface area contributed by atoms with E-state index < -0.39 is 28.5 Å². The van der Waals surface area contributed by atoms with Crippen molar-refractivity contribution in [1.82, 2.24) is 4.90 Å². The van der Waals surface area contributed by atoms with E-state index in [0.717, 1.165) is 32.1 Å². The second-order valence-corrected chi connectivity index (χ2v) is 10.5. The number of ether oxygens (including phenoxy) is 2. The third-order valence-electron chi connectivity index (χ3n) is 6.12. The molecule has 1 saturated carbocycles. The highest BCUT2D eigenvalue weighted by Crippen LogP contribution is 2.29. The first-order valence-electron chi connectivity index (χ1n) is 10.8. The number of rotatable bonds is 6. The summed E-state index contributed by atoms with van der Waals surface area (Å²) in [5.41, 5.74) is 0.420. The lowest BCUT2D eigenvalue weighted by Crippen LogP contribution is -2.50. The summed E-state index contributed by atoms with van der Waals surface area (Å²) < 4.78 is 34.1. The van der Waals surface area contributed by atoms with Crippen molar-refractivity contribution in [2.75, 3.05) is 37.2 Å². The Bertz CT molecular complexity index is 957. The van der Waals surface area contributed by atoms with Gasteiger partial charge in [-0.3, -0.25) is 9.69 Å². The summed E-state index contributed by atoms with van der Waals surface area (Å²) >= 11 is 0. The summed E-state index contributed by atoms with van der Waals surface area (Å²) in [5, 5.41) is 0. The predicted octanol–water partition coefficient (Wildman–Crippen LogP) is 2.39. The zero-order valence-corrected chi connectivity index (χ0v) is 19.3. The zero-order chi connectivity index (χ0) is 23.3. The molecule has 2 fully saturated rings. The maximum absolute atomic E-state index is 13.1. The van der Waals surface area contributed by atoms with Crippen LogP contribution < -0.4 is 4.90 Å². The van der Waals surface area contributed by atoms with Crippen molar-refractivity contribution in [2.45, 2.75) is 50.6 Å². The molecule has 0 bridgehead atoms. The molecule has 0 N–H and O–H groups in total. The highest BCUT2D eigenvalue weighted by molar-refractivity contribution is 7.91. The molecule has 1 aromatic rings. The van der Waals surface area contributed by atoms with Crippen LogP contribution in [0.25, 0.3) is 0 Å². The molecule has 1 atom stereocenters. The summed E-state index contributed by atoms with van der Waals surface area (Å²) in [6.45, 7) is -0.484. The van der Waals surface area contributed by atoms with E-state index in [-0.39, 0.29) is 35.1 Å². The topological polar surface area (TPSA) is 110 Å². The highest BCUT2D eigenvalue weighted by Gasteiger charge is 2.38. The molecule has 32 heavy (non-hydrogen) atoms. The molecule has 1 saturated heterocycles. The van der Waals surface area contributed by atoms with Crippen molar-refractivity contribution in [3.8, 4) is 0 Å². The van der Waals surface area contributed by atoms with Gasteiger partial charge in [0.05, 0.1) is 29.9 Å². The number of carbonyl (C=O) groups excluding carboxylic acids is 3. The second-order valence-electron chi connectivity index (χ2n) is 8.27. The quantitative estimate of drug-likeness (QED) is 0.592. The lowest BCUT2D eigenvalue weighted by Gasteiger charge is -2.38. The van der Waals surface area contributed by atoms with Gasteiger partial charge in [0.25, 0.3) is 5.91 Å². The molecule has 176 valence electrons. The maximum Gasteiger partial charge on any atom is 0.413 e. The molecule has 1 aliphatic heterocycles. The van der Waals surface area contributed by atoms with Crippen LogP contribution in [0.5, 0.6) is 0 Å². The van der Waals surface area contributed by atoms with Crippen molar-refractivity contribution in [2.24, 2.45) is 0 Å². The van der Waals surface area contributed by atoms with Crippen molar-refractivity contribution >= 4 is 33.5 Å². The molecule has 1 unspecified atom stereocenters. The molecule has 1 heterocycles. The van der Waals surface area contributed by atoms with Crippen molar-refractivity contribution in [3.05, 3.63) is 29.8 Å². The van der Waals surface area contributed by atoms with E-state index in [4.69, 9.17) is 9.47 Å². The van der Waals surface area contributed by atoms with Crippen LogP contribution in [-0.4, -0.2) is 75.6 Å². The van der Waals surface area contributed by atoms with Crippen LogP contribution >= 0.6 is 0 Å². The molecule has 1 aliphatic carbocycles. The average molecular weight is 467 g/mol. The van der Waals surface area contributed by atoms with E-state index in [2.05, 4.69) is 0 Å². The summed E-state index contributed by atoms with van der Waals surface area (Å²) in [6.07, 6.45) is 4.48. The van der Waals surface area contributed by atoms with Gasteiger partial charge in [-0.25, -0.2) is 18.0 Å². The monoisotopic (exact) mass is 466 g/mol. The normalized spacial score (nSPS) is 20.4. The molecule has 9 nitrogen and oxygen atoms in total. The fourth-order valence-corrected chi connectivity index (χ4v) is 6.22. The van der Waals surface area contributed by atoms with E-state index in [1.54, 1.807) is 23.1 Å². The molecule has 0 radical (unpaired) electrons. The number of anilines is 1. The Hall–Kier alpha value is -2.62. The minimum atomic E-state index is -3.16. The number of methoxy groups -OCH3 is 1. The van der Waals surface area contributed by atoms with E-state index in [1.165, 1.54) is 25.1 Å². The largest absolute Gasteiger partial charge is 0.452 e. The lowest BCUT2D eigenvalue weighted by molar-refractivity contribution is -0.140. The Morgan fingerprint density at radius 1 is 1.03 bits per heavy atom. The second kappa shape index (κ2) is 10.3. The van der Waals surface area contributed by atoms with Gasteiger partial charge >= 0.3 is 12.1 Å². The minimum absolute atomic E-state index is 0.0361. The van der Waals surface area contributed by atoms with Gasteiger partial charge in [0.2, 0.25) is 0 Å². The predicted molar refractivity (Wildman–Crippen MR) is 118 cm³/mol. The van der Waals surface area contributed by atoms with Gasteiger partial charge in [0.1, 0.15) is 0 Å². The Balaban J connectivity index is 1.72.